The first kappa shape index (κ1) is 15.2. The lowest BCUT2D eigenvalue weighted by atomic mass is 10.3. The van der Waals surface area contributed by atoms with Crippen LogP contribution >= 0.6 is 0 Å². The maximum Gasteiger partial charge on any atom is 0.322 e. The summed E-state index contributed by atoms with van der Waals surface area (Å²) in [5.74, 6) is 0.374. The zero-order chi connectivity index (χ0) is 16.2. The van der Waals surface area contributed by atoms with Crippen LogP contribution in [-0.2, 0) is 0 Å². The van der Waals surface area contributed by atoms with Gasteiger partial charge in [0.2, 0.25) is 0 Å². The number of hydrogen-bond donors (Lipinski definition) is 1. The third kappa shape index (κ3) is 3.56. The molecule has 23 heavy (non-hydrogen) atoms. The van der Waals surface area contributed by atoms with Crippen molar-refractivity contribution in [2.75, 3.05) is 36.4 Å². The maximum absolute atomic E-state index is 13.6. The van der Waals surface area contributed by atoms with Crippen LogP contribution in [0.15, 0.2) is 36.4 Å². The van der Waals surface area contributed by atoms with Crippen molar-refractivity contribution in [1.29, 1.82) is 0 Å². The van der Waals surface area contributed by atoms with Crippen molar-refractivity contribution in [3.8, 4) is 0 Å². The van der Waals surface area contributed by atoms with Gasteiger partial charge in [-0.1, -0.05) is 12.1 Å². The topological polar surface area (TPSA) is 61.4 Å². The van der Waals surface area contributed by atoms with Gasteiger partial charge in [-0.2, -0.15) is 5.10 Å². The molecule has 1 N–H and O–H groups in total. The van der Waals surface area contributed by atoms with E-state index in [0.717, 1.165) is 11.5 Å². The number of nitrogens with zero attached hydrogens (tertiary/aromatic N) is 4. The standard InChI is InChI=1S/C16H18FN5O/c1-12-6-7-15(20-19-12)21-8-10-22(11-9-21)16(23)18-14-5-3-2-4-13(14)17/h2-7H,8-11H2,1H3,(H,18,23). The first-order valence-electron chi connectivity index (χ1n) is 7.49. The minimum absolute atomic E-state index is 0.198. The van der Waals surface area contributed by atoms with E-state index < -0.39 is 5.82 Å². The number of rotatable bonds is 2. The van der Waals surface area contributed by atoms with E-state index >= 15 is 0 Å². The number of carbonyl (C=O) groups is 1. The Hall–Kier alpha value is -2.70. The number of hydrogen-bond acceptors (Lipinski definition) is 4. The Balaban J connectivity index is 1.57. The first-order chi connectivity index (χ1) is 11.1. The van der Waals surface area contributed by atoms with E-state index in [9.17, 15) is 9.18 Å². The molecule has 1 aromatic carbocycles. The van der Waals surface area contributed by atoms with Gasteiger partial charge in [-0.15, -0.1) is 5.10 Å². The highest BCUT2D eigenvalue weighted by atomic mass is 19.1. The molecule has 1 aromatic heterocycles. The second kappa shape index (κ2) is 6.60. The van der Waals surface area contributed by atoms with E-state index in [0.29, 0.717) is 26.2 Å². The summed E-state index contributed by atoms with van der Waals surface area (Å²) < 4.78 is 13.6. The number of amides is 2. The molecule has 0 unspecified atom stereocenters. The summed E-state index contributed by atoms with van der Waals surface area (Å²) in [5, 5.41) is 10.8. The second-order valence-corrected chi connectivity index (χ2v) is 5.42. The van der Waals surface area contributed by atoms with Crippen LogP contribution in [0.2, 0.25) is 0 Å². The molecular formula is C16H18FN5O. The molecule has 3 rings (SSSR count). The number of urea groups is 1. The minimum atomic E-state index is -0.436. The van der Waals surface area contributed by atoms with E-state index in [1.54, 1.807) is 23.1 Å². The van der Waals surface area contributed by atoms with Crippen LogP contribution in [0.4, 0.5) is 20.7 Å². The lowest BCUT2D eigenvalue weighted by molar-refractivity contribution is 0.208. The summed E-state index contributed by atoms with van der Waals surface area (Å²) in [7, 11) is 0. The van der Waals surface area contributed by atoms with E-state index in [4.69, 9.17) is 0 Å². The van der Waals surface area contributed by atoms with Gasteiger partial charge in [-0.3, -0.25) is 0 Å². The van der Waals surface area contributed by atoms with Crippen LogP contribution in [0.5, 0.6) is 0 Å². The maximum atomic E-state index is 13.6. The van der Waals surface area contributed by atoms with Gasteiger partial charge in [0.25, 0.3) is 0 Å². The van der Waals surface area contributed by atoms with E-state index in [2.05, 4.69) is 20.4 Å². The van der Waals surface area contributed by atoms with Crippen LogP contribution in [0, 0.1) is 12.7 Å². The van der Waals surface area contributed by atoms with Crippen molar-refractivity contribution < 1.29 is 9.18 Å². The highest BCUT2D eigenvalue weighted by Gasteiger charge is 2.22. The largest absolute Gasteiger partial charge is 0.352 e. The molecule has 7 heteroatoms. The number of para-hydroxylation sites is 1. The van der Waals surface area contributed by atoms with Crippen LogP contribution in [0.1, 0.15) is 5.69 Å². The van der Waals surface area contributed by atoms with Crippen LogP contribution < -0.4 is 10.2 Å². The van der Waals surface area contributed by atoms with Gasteiger partial charge in [-0.25, -0.2) is 9.18 Å². The van der Waals surface area contributed by atoms with Crippen LogP contribution in [0.25, 0.3) is 0 Å². The van der Waals surface area contributed by atoms with E-state index in [1.807, 2.05) is 19.1 Å². The summed E-state index contributed by atoms with van der Waals surface area (Å²) in [6, 6.07) is 9.70. The number of halogens is 1. The van der Waals surface area contributed by atoms with E-state index in [-0.39, 0.29) is 11.7 Å². The Bertz CT molecular complexity index is 683. The molecule has 0 atom stereocenters. The number of piperazine rings is 1. The van der Waals surface area contributed by atoms with Crippen LogP contribution in [0.3, 0.4) is 0 Å². The predicted octanol–water partition coefficient (Wildman–Crippen LogP) is 2.28. The van der Waals surface area contributed by atoms with Gasteiger partial charge in [0.15, 0.2) is 5.82 Å². The minimum Gasteiger partial charge on any atom is -0.352 e. The first-order valence-corrected chi connectivity index (χ1v) is 7.49. The van der Waals surface area contributed by atoms with Crippen molar-refractivity contribution in [3.05, 3.63) is 47.9 Å². The number of anilines is 2. The number of aromatic nitrogens is 2. The lowest BCUT2D eigenvalue weighted by Gasteiger charge is -2.35. The van der Waals surface area contributed by atoms with Crippen molar-refractivity contribution >= 4 is 17.5 Å². The number of nitrogens with one attached hydrogen (secondary N) is 1. The summed E-state index contributed by atoms with van der Waals surface area (Å²) in [6.45, 7) is 4.33. The number of benzene rings is 1. The number of aryl methyl sites for hydroxylation is 1. The fraction of sp³-hybridized carbons (Fsp3) is 0.312. The van der Waals surface area contributed by atoms with Crippen molar-refractivity contribution in [1.82, 2.24) is 15.1 Å². The molecule has 0 spiro atoms. The monoisotopic (exact) mass is 315 g/mol. The normalized spacial score (nSPS) is 14.7. The predicted molar refractivity (Wildman–Crippen MR) is 86.0 cm³/mol. The molecule has 1 aliphatic heterocycles. The van der Waals surface area contributed by atoms with Crippen molar-refractivity contribution in [2.24, 2.45) is 0 Å². The molecule has 1 saturated heterocycles. The molecule has 1 fully saturated rings. The van der Waals surface area contributed by atoms with Gasteiger partial charge in [0.1, 0.15) is 5.82 Å². The molecule has 0 radical (unpaired) electrons. The molecule has 0 saturated carbocycles. The van der Waals surface area contributed by atoms with Crippen LogP contribution in [-0.4, -0.2) is 47.3 Å². The smallest absolute Gasteiger partial charge is 0.322 e. The Labute approximate surface area is 133 Å². The Morgan fingerprint density at radius 1 is 1.09 bits per heavy atom. The van der Waals surface area contributed by atoms with Gasteiger partial charge >= 0.3 is 6.03 Å². The molecule has 0 aliphatic carbocycles. The summed E-state index contributed by atoms with van der Waals surface area (Å²) in [6.07, 6.45) is 0. The quantitative estimate of drug-likeness (QED) is 0.923. The zero-order valence-electron chi connectivity index (χ0n) is 12.9. The van der Waals surface area contributed by atoms with Gasteiger partial charge in [0.05, 0.1) is 11.4 Å². The fourth-order valence-electron chi connectivity index (χ4n) is 2.46. The third-order valence-electron chi connectivity index (χ3n) is 3.79. The Morgan fingerprint density at radius 2 is 1.83 bits per heavy atom. The zero-order valence-corrected chi connectivity index (χ0v) is 12.9. The van der Waals surface area contributed by atoms with Crippen molar-refractivity contribution in [3.63, 3.8) is 0 Å². The highest BCUT2D eigenvalue weighted by Crippen LogP contribution is 2.16. The van der Waals surface area contributed by atoms with Gasteiger partial charge in [-0.05, 0) is 31.2 Å². The van der Waals surface area contributed by atoms with E-state index in [1.165, 1.54) is 6.07 Å². The molecule has 2 aromatic rings. The number of carbonyl (C=O) groups excluding carboxylic acids is 1. The molecule has 2 amide bonds. The third-order valence-corrected chi connectivity index (χ3v) is 3.79. The molecule has 0 bridgehead atoms. The average molecular weight is 315 g/mol. The molecule has 2 heterocycles. The average Bonchev–Trinajstić information content (AvgIpc) is 2.58. The molecule has 6 nitrogen and oxygen atoms in total. The summed E-state index contributed by atoms with van der Waals surface area (Å²) >= 11 is 0. The van der Waals surface area contributed by atoms with Gasteiger partial charge < -0.3 is 15.1 Å². The lowest BCUT2D eigenvalue weighted by Crippen LogP contribution is -2.50. The fourth-order valence-corrected chi connectivity index (χ4v) is 2.46. The summed E-state index contributed by atoms with van der Waals surface area (Å²) in [4.78, 5) is 16.0. The second-order valence-electron chi connectivity index (χ2n) is 5.42. The molecular weight excluding hydrogens is 297 g/mol. The molecule has 120 valence electrons. The van der Waals surface area contributed by atoms with Gasteiger partial charge in [0, 0.05) is 26.2 Å². The SMILES string of the molecule is Cc1ccc(N2CCN(C(=O)Nc3ccccc3F)CC2)nn1. The summed E-state index contributed by atoms with van der Waals surface area (Å²) in [5.41, 5.74) is 1.07. The van der Waals surface area contributed by atoms with Crippen molar-refractivity contribution in [2.45, 2.75) is 6.92 Å². The Morgan fingerprint density at radius 3 is 2.48 bits per heavy atom. The Kier molecular flexibility index (Phi) is 4.36. The molecule has 1 aliphatic rings. The highest BCUT2D eigenvalue weighted by molar-refractivity contribution is 5.89.